The fraction of sp³-hybridized carbons (Fsp3) is 0.310. The average molecular weight is 572 g/mol. The molecule has 0 radical (unpaired) electrons. The number of carbonyl (C=O) groups excluding carboxylic acids is 2. The lowest BCUT2D eigenvalue weighted by Crippen LogP contribution is -2.52. The molecule has 7 nitrogen and oxygen atoms in total. The Kier molecular flexibility index (Phi) is 9.24. The zero-order chi connectivity index (χ0) is 28.0. The van der Waals surface area contributed by atoms with Gasteiger partial charge < -0.3 is 10.2 Å². The molecule has 2 amide bonds. The Bertz CT molecular complexity index is 1400. The normalized spacial score (nSPS) is 14.5. The second-order valence-electron chi connectivity index (χ2n) is 9.58. The largest absolute Gasteiger partial charge is 0.352 e. The molecule has 1 atom stereocenters. The third-order valence-corrected chi connectivity index (χ3v) is 8.93. The zero-order valence-corrected chi connectivity index (χ0v) is 23.2. The van der Waals surface area contributed by atoms with E-state index in [1.807, 2.05) is 0 Å². The standard InChI is InChI=1S/C29H31ClFN3O4S/c1-21(29(36)32-24-10-6-7-11-24)33(19-22-9-5-8-14-27(22)31)28(35)20-34(25-17-15-23(30)16-18-25)39(37,38)26-12-3-2-4-13-26/h2-5,8-9,12-18,21,24H,6-7,10-11,19-20H2,1H3,(H,32,36). The summed E-state index contributed by atoms with van der Waals surface area (Å²) in [5.74, 6) is -1.54. The highest BCUT2D eigenvalue weighted by Gasteiger charge is 2.33. The van der Waals surface area contributed by atoms with Crippen LogP contribution >= 0.6 is 11.6 Å². The van der Waals surface area contributed by atoms with E-state index in [9.17, 15) is 22.4 Å². The van der Waals surface area contributed by atoms with Gasteiger partial charge in [0.2, 0.25) is 11.8 Å². The molecular formula is C29H31ClFN3O4S. The number of anilines is 1. The van der Waals surface area contributed by atoms with Gasteiger partial charge in [0.1, 0.15) is 18.4 Å². The van der Waals surface area contributed by atoms with E-state index in [0.717, 1.165) is 30.0 Å². The van der Waals surface area contributed by atoms with Crippen LogP contribution in [0.25, 0.3) is 0 Å². The summed E-state index contributed by atoms with van der Waals surface area (Å²) < 4.78 is 43.0. The van der Waals surface area contributed by atoms with Crippen molar-refractivity contribution in [3.63, 3.8) is 0 Å². The summed E-state index contributed by atoms with van der Waals surface area (Å²) in [5.41, 5.74) is 0.445. The molecule has 1 aliphatic carbocycles. The SMILES string of the molecule is CC(C(=O)NC1CCCC1)N(Cc1ccccc1F)C(=O)CN(c1ccc(Cl)cc1)S(=O)(=O)c1ccccc1. The van der Waals surface area contributed by atoms with Crippen LogP contribution in [0, 0.1) is 5.82 Å². The van der Waals surface area contributed by atoms with Gasteiger partial charge in [0, 0.05) is 23.2 Å². The molecule has 39 heavy (non-hydrogen) atoms. The van der Waals surface area contributed by atoms with Crippen molar-refractivity contribution in [2.24, 2.45) is 0 Å². The Labute approximate surface area is 233 Å². The number of carbonyl (C=O) groups is 2. The van der Waals surface area contributed by atoms with Gasteiger partial charge in [-0.2, -0.15) is 0 Å². The molecule has 0 bridgehead atoms. The van der Waals surface area contributed by atoms with E-state index in [1.54, 1.807) is 31.2 Å². The van der Waals surface area contributed by atoms with Crippen LogP contribution in [0.3, 0.4) is 0 Å². The fourth-order valence-corrected chi connectivity index (χ4v) is 6.20. The van der Waals surface area contributed by atoms with Crippen LogP contribution < -0.4 is 9.62 Å². The fourth-order valence-electron chi connectivity index (χ4n) is 4.64. The van der Waals surface area contributed by atoms with E-state index < -0.39 is 34.3 Å². The molecule has 0 spiro atoms. The Morgan fingerprint density at radius 1 is 0.974 bits per heavy atom. The first-order valence-corrected chi connectivity index (χ1v) is 14.6. The smallest absolute Gasteiger partial charge is 0.264 e. The molecule has 0 aliphatic heterocycles. The Morgan fingerprint density at radius 2 is 1.59 bits per heavy atom. The van der Waals surface area contributed by atoms with Crippen molar-refractivity contribution in [1.82, 2.24) is 10.2 Å². The summed E-state index contributed by atoms with van der Waals surface area (Å²) in [6.07, 6.45) is 3.76. The number of rotatable bonds is 10. The molecule has 1 aliphatic rings. The number of nitrogens with one attached hydrogen (secondary N) is 1. The van der Waals surface area contributed by atoms with E-state index in [1.165, 1.54) is 59.5 Å². The number of halogens is 2. The monoisotopic (exact) mass is 571 g/mol. The van der Waals surface area contributed by atoms with Crippen molar-refractivity contribution in [2.45, 2.75) is 56.1 Å². The van der Waals surface area contributed by atoms with Crippen LogP contribution in [0.2, 0.25) is 5.02 Å². The van der Waals surface area contributed by atoms with Crippen molar-refractivity contribution in [3.05, 3.63) is 95.3 Å². The Balaban J connectivity index is 1.68. The summed E-state index contributed by atoms with van der Waals surface area (Å²) in [4.78, 5) is 28.3. The molecule has 1 unspecified atom stereocenters. The molecule has 1 N–H and O–H groups in total. The Hall–Kier alpha value is -3.43. The minimum atomic E-state index is -4.17. The van der Waals surface area contributed by atoms with Crippen LogP contribution in [0.5, 0.6) is 0 Å². The molecule has 4 rings (SSSR count). The van der Waals surface area contributed by atoms with Crippen molar-refractivity contribution >= 4 is 39.1 Å². The first-order chi connectivity index (χ1) is 18.7. The number of hydrogen-bond donors (Lipinski definition) is 1. The summed E-state index contributed by atoms with van der Waals surface area (Å²) >= 11 is 6.03. The first-order valence-electron chi connectivity index (χ1n) is 12.8. The van der Waals surface area contributed by atoms with E-state index in [-0.39, 0.29) is 34.6 Å². The minimum absolute atomic E-state index is 0.000397. The second-order valence-corrected chi connectivity index (χ2v) is 11.9. The van der Waals surface area contributed by atoms with E-state index in [2.05, 4.69) is 5.32 Å². The van der Waals surface area contributed by atoms with Gasteiger partial charge in [0.15, 0.2) is 0 Å². The number of hydrogen-bond acceptors (Lipinski definition) is 4. The maximum absolute atomic E-state index is 14.6. The van der Waals surface area contributed by atoms with Gasteiger partial charge >= 0.3 is 0 Å². The third-order valence-electron chi connectivity index (χ3n) is 6.89. The molecule has 10 heteroatoms. The van der Waals surface area contributed by atoms with Gasteiger partial charge in [-0.15, -0.1) is 0 Å². The Morgan fingerprint density at radius 3 is 2.23 bits per heavy atom. The van der Waals surface area contributed by atoms with Crippen molar-refractivity contribution in [3.8, 4) is 0 Å². The summed E-state index contributed by atoms with van der Waals surface area (Å²) in [5, 5.41) is 3.39. The van der Waals surface area contributed by atoms with E-state index in [4.69, 9.17) is 11.6 Å². The van der Waals surface area contributed by atoms with Crippen LogP contribution in [0.4, 0.5) is 10.1 Å². The number of amides is 2. The molecule has 206 valence electrons. The molecule has 0 saturated heterocycles. The highest BCUT2D eigenvalue weighted by atomic mass is 35.5. The van der Waals surface area contributed by atoms with E-state index >= 15 is 0 Å². The van der Waals surface area contributed by atoms with Crippen LogP contribution in [0.15, 0.2) is 83.8 Å². The van der Waals surface area contributed by atoms with Gasteiger partial charge in [-0.3, -0.25) is 13.9 Å². The van der Waals surface area contributed by atoms with Gasteiger partial charge in [0.25, 0.3) is 10.0 Å². The zero-order valence-electron chi connectivity index (χ0n) is 21.6. The maximum atomic E-state index is 14.6. The van der Waals surface area contributed by atoms with Gasteiger partial charge in [0.05, 0.1) is 10.6 Å². The lowest BCUT2D eigenvalue weighted by Gasteiger charge is -2.32. The average Bonchev–Trinajstić information content (AvgIpc) is 3.45. The summed E-state index contributed by atoms with van der Waals surface area (Å²) in [7, 11) is -4.17. The second kappa shape index (κ2) is 12.6. The number of benzene rings is 3. The molecule has 1 fully saturated rings. The minimum Gasteiger partial charge on any atom is -0.352 e. The summed E-state index contributed by atoms with van der Waals surface area (Å²) in [6.45, 7) is 0.764. The van der Waals surface area contributed by atoms with Crippen LogP contribution in [-0.2, 0) is 26.2 Å². The highest BCUT2D eigenvalue weighted by molar-refractivity contribution is 7.92. The molecule has 3 aromatic carbocycles. The highest BCUT2D eigenvalue weighted by Crippen LogP contribution is 2.26. The molecule has 3 aromatic rings. The molecule has 0 heterocycles. The summed E-state index contributed by atoms with van der Waals surface area (Å²) in [6, 6.07) is 18.9. The quantitative estimate of drug-likeness (QED) is 0.365. The number of sulfonamides is 1. The topological polar surface area (TPSA) is 86.8 Å². The van der Waals surface area contributed by atoms with E-state index in [0.29, 0.717) is 5.02 Å². The van der Waals surface area contributed by atoms with Gasteiger partial charge in [-0.25, -0.2) is 12.8 Å². The molecule has 1 saturated carbocycles. The first kappa shape index (κ1) is 28.6. The molecular weight excluding hydrogens is 541 g/mol. The van der Waals surface area contributed by atoms with Crippen molar-refractivity contribution in [1.29, 1.82) is 0 Å². The van der Waals surface area contributed by atoms with Gasteiger partial charge in [-0.1, -0.05) is 60.8 Å². The van der Waals surface area contributed by atoms with Crippen molar-refractivity contribution < 1.29 is 22.4 Å². The van der Waals surface area contributed by atoms with Crippen LogP contribution in [0.1, 0.15) is 38.2 Å². The predicted molar refractivity (Wildman–Crippen MR) is 149 cm³/mol. The lowest BCUT2D eigenvalue weighted by molar-refractivity contribution is -0.139. The predicted octanol–water partition coefficient (Wildman–Crippen LogP) is 5.15. The third kappa shape index (κ3) is 6.96. The maximum Gasteiger partial charge on any atom is 0.264 e. The van der Waals surface area contributed by atoms with Crippen LogP contribution in [-0.4, -0.2) is 43.8 Å². The van der Waals surface area contributed by atoms with Crippen molar-refractivity contribution in [2.75, 3.05) is 10.8 Å². The number of nitrogens with zero attached hydrogens (tertiary/aromatic N) is 2. The lowest BCUT2D eigenvalue weighted by atomic mass is 10.1. The molecule has 0 aromatic heterocycles. The van der Waals surface area contributed by atoms with Gasteiger partial charge in [-0.05, 0) is 62.2 Å².